The summed E-state index contributed by atoms with van der Waals surface area (Å²) in [6.45, 7) is 1.21. The molecule has 172 valence electrons. The van der Waals surface area contributed by atoms with Crippen LogP contribution >= 0.6 is 0 Å². The van der Waals surface area contributed by atoms with E-state index in [1.807, 2.05) is 33.9 Å². The van der Waals surface area contributed by atoms with Gasteiger partial charge in [0.2, 0.25) is 5.91 Å². The van der Waals surface area contributed by atoms with Crippen molar-refractivity contribution >= 4 is 17.5 Å². The summed E-state index contributed by atoms with van der Waals surface area (Å²) in [7, 11) is 3.24. The highest BCUT2D eigenvalue weighted by molar-refractivity contribution is 5.97. The van der Waals surface area contributed by atoms with E-state index in [-0.39, 0.29) is 17.9 Å². The molecule has 0 aliphatic carbocycles. The van der Waals surface area contributed by atoms with Crippen LogP contribution in [0.2, 0.25) is 0 Å². The monoisotopic (exact) mass is 448 g/mol. The molecule has 1 unspecified atom stereocenters. The third kappa shape index (κ3) is 5.16. The molecule has 2 heterocycles. The Morgan fingerprint density at radius 2 is 2.03 bits per heavy atom. The maximum atomic E-state index is 13.4. The molecule has 0 bridgehead atoms. The fourth-order valence-electron chi connectivity index (χ4n) is 4.20. The van der Waals surface area contributed by atoms with Crippen molar-refractivity contribution in [2.24, 2.45) is 0 Å². The summed E-state index contributed by atoms with van der Waals surface area (Å²) in [4.78, 5) is 31.6. The van der Waals surface area contributed by atoms with E-state index in [0.29, 0.717) is 42.3 Å². The lowest BCUT2D eigenvalue weighted by Gasteiger charge is -2.27. The third-order valence-electron chi connectivity index (χ3n) is 5.86. The number of likely N-dealkylation sites (tertiary alicyclic amines) is 1. The molecule has 8 nitrogen and oxygen atoms in total. The summed E-state index contributed by atoms with van der Waals surface area (Å²) in [6, 6.07) is 12.7. The predicted octanol–water partition coefficient (Wildman–Crippen LogP) is 3.91. The van der Waals surface area contributed by atoms with Crippen LogP contribution in [0.25, 0.3) is 0 Å². The molecule has 1 aromatic heterocycles. The molecule has 0 radical (unpaired) electrons. The smallest absolute Gasteiger partial charge is 0.254 e. The highest BCUT2D eigenvalue weighted by Crippen LogP contribution is 2.39. The van der Waals surface area contributed by atoms with Gasteiger partial charge in [-0.15, -0.1) is 0 Å². The molecule has 0 spiro atoms. The van der Waals surface area contributed by atoms with Gasteiger partial charge < -0.3 is 24.3 Å². The molecule has 1 fully saturated rings. The van der Waals surface area contributed by atoms with Gasteiger partial charge in [0, 0.05) is 54.8 Å². The average Bonchev–Trinajstić information content (AvgIpc) is 3.54. The van der Waals surface area contributed by atoms with Crippen LogP contribution in [0.3, 0.4) is 0 Å². The number of aromatic nitrogens is 2. The van der Waals surface area contributed by atoms with E-state index in [4.69, 9.17) is 9.47 Å². The molecule has 2 aromatic carbocycles. The molecule has 4 rings (SSSR count). The summed E-state index contributed by atoms with van der Waals surface area (Å²) < 4.78 is 12.7. The van der Waals surface area contributed by atoms with Crippen LogP contribution in [0.5, 0.6) is 11.5 Å². The molecule has 8 heteroatoms. The molecule has 2 amide bonds. The van der Waals surface area contributed by atoms with E-state index in [9.17, 15) is 9.59 Å². The van der Waals surface area contributed by atoms with E-state index >= 15 is 0 Å². The average molecular weight is 449 g/mol. The second kappa shape index (κ2) is 10.2. The largest absolute Gasteiger partial charge is 0.497 e. The molecule has 0 saturated carbocycles. The number of carbonyl (C=O) groups is 2. The van der Waals surface area contributed by atoms with Crippen molar-refractivity contribution in [3.8, 4) is 11.5 Å². The van der Waals surface area contributed by atoms with Gasteiger partial charge in [-0.1, -0.05) is 6.07 Å². The fourth-order valence-corrected chi connectivity index (χ4v) is 4.20. The Morgan fingerprint density at radius 3 is 2.79 bits per heavy atom. The Labute approximate surface area is 193 Å². The van der Waals surface area contributed by atoms with Gasteiger partial charge in [0.05, 0.1) is 26.6 Å². The molecule has 3 aromatic rings. The number of imidazole rings is 1. The Kier molecular flexibility index (Phi) is 6.92. The van der Waals surface area contributed by atoms with E-state index in [0.717, 1.165) is 18.4 Å². The number of amides is 2. The van der Waals surface area contributed by atoms with Crippen molar-refractivity contribution in [3.05, 3.63) is 72.3 Å². The number of ether oxygens (including phenoxy) is 2. The van der Waals surface area contributed by atoms with Crippen LogP contribution in [0, 0.1) is 0 Å². The molecule has 1 saturated heterocycles. The summed E-state index contributed by atoms with van der Waals surface area (Å²) in [5.74, 6) is 1.24. The first-order chi connectivity index (χ1) is 16.1. The van der Waals surface area contributed by atoms with Crippen molar-refractivity contribution in [3.63, 3.8) is 0 Å². The fraction of sp³-hybridized carbons (Fsp3) is 0.320. The normalized spacial score (nSPS) is 15.3. The number of benzene rings is 2. The number of hydrogen-bond donors (Lipinski definition) is 1. The maximum Gasteiger partial charge on any atom is 0.254 e. The molecule has 1 aliphatic heterocycles. The lowest BCUT2D eigenvalue weighted by Crippen LogP contribution is -2.30. The van der Waals surface area contributed by atoms with Gasteiger partial charge in [-0.25, -0.2) is 4.98 Å². The van der Waals surface area contributed by atoms with Crippen LogP contribution in [-0.4, -0.2) is 47.0 Å². The van der Waals surface area contributed by atoms with Crippen LogP contribution in [0.15, 0.2) is 61.2 Å². The molecule has 1 aliphatic rings. The predicted molar refractivity (Wildman–Crippen MR) is 124 cm³/mol. The van der Waals surface area contributed by atoms with E-state index < -0.39 is 0 Å². The number of methoxy groups -OCH3 is 2. The summed E-state index contributed by atoms with van der Waals surface area (Å²) >= 11 is 0. The first-order valence-electron chi connectivity index (χ1n) is 11.0. The van der Waals surface area contributed by atoms with Gasteiger partial charge >= 0.3 is 0 Å². The Balaban J connectivity index is 1.46. The number of carbonyl (C=O) groups excluding carboxylic acids is 2. The quantitative estimate of drug-likeness (QED) is 0.565. The molecule has 33 heavy (non-hydrogen) atoms. The van der Waals surface area contributed by atoms with Crippen molar-refractivity contribution in [1.82, 2.24) is 14.5 Å². The zero-order chi connectivity index (χ0) is 23.2. The number of nitrogens with zero attached hydrogens (tertiary/aromatic N) is 3. The Morgan fingerprint density at radius 1 is 1.15 bits per heavy atom. The number of nitrogens with one attached hydrogen (secondary N) is 1. The van der Waals surface area contributed by atoms with Crippen molar-refractivity contribution in [1.29, 1.82) is 0 Å². The van der Waals surface area contributed by atoms with Crippen molar-refractivity contribution in [2.75, 3.05) is 26.1 Å². The van der Waals surface area contributed by atoms with E-state index in [1.165, 1.54) is 0 Å². The molecular weight excluding hydrogens is 420 g/mol. The topological polar surface area (TPSA) is 85.7 Å². The van der Waals surface area contributed by atoms with Crippen LogP contribution in [0.1, 0.15) is 41.2 Å². The minimum Gasteiger partial charge on any atom is -0.497 e. The minimum absolute atomic E-state index is 0.0649. The second-order valence-corrected chi connectivity index (χ2v) is 7.94. The number of anilines is 1. The van der Waals surface area contributed by atoms with Crippen LogP contribution in [-0.2, 0) is 11.3 Å². The molecule has 1 N–H and O–H groups in total. The van der Waals surface area contributed by atoms with E-state index in [1.54, 1.807) is 51.0 Å². The van der Waals surface area contributed by atoms with Gasteiger partial charge in [-0.3, -0.25) is 9.59 Å². The Bertz CT molecular complexity index is 1110. The Hall–Kier alpha value is -3.81. The molecule has 1 atom stereocenters. The summed E-state index contributed by atoms with van der Waals surface area (Å²) in [5, 5.41) is 2.89. The van der Waals surface area contributed by atoms with Crippen molar-refractivity contribution < 1.29 is 19.1 Å². The first-order valence-corrected chi connectivity index (χ1v) is 11.0. The highest BCUT2D eigenvalue weighted by atomic mass is 16.5. The number of aryl methyl sites for hydroxylation is 1. The molecular formula is C25H28N4O4. The second-order valence-electron chi connectivity index (χ2n) is 7.94. The third-order valence-corrected chi connectivity index (χ3v) is 5.86. The maximum absolute atomic E-state index is 13.4. The van der Waals surface area contributed by atoms with Gasteiger partial charge in [-0.2, -0.15) is 0 Å². The zero-order valence-electron chi connectivity index (χ0n) is 18.9. The van der Waals surface area contributed by atoms with Crippen LogP contribution in [0.4, 0.5) is 5.69 Å². The first kappa shape index (κ1) is 22.4. The van der Waals surface area contributed by atoms with Gasteiger partial charge in [-0.05, 0) is 43.2 Å². The standard InChI is InChI=1S/C25H28N4O4/c1-32-20-8-9-21(23(16-20)33-2)22-7-4-12-29(22)25(31)18-5-3-6-19(15-18)27-24(30)10-13-28-14-11-26-17-28/h3,5-6,8-9,11,14-17,22H,4,7,10,12-13H2,1-2H3,(H,27,30). The SMILES string of the molecule is COc1ccc(C2CCCN2C(=O)c2cccc(NC(=O)CCn3ccnc3)c2)c(OC)c1. The lowest BCUT2D eigenvalue weighted by atomic mass is 10.0. The van der Waals surface area contributed by atoms with Gasteiger partial charge in [0.25, 0.3) is 5.91 Å². The van der Waals surface area contributed by atoms with Crippen molar-refractivity contribution in [2.45, 2.75) is 31.8 Å². The number of hydrogen-bond acceptors (Lipinski definition) is 5. The van der Waals surface area contributed by atoms with Gasteiger partial charge in [0.15, 0.2) is 0 Å². The van der Waals surface area contributed by atoms with Crippen LogP contribution < -0.4 is 14.8 Å². The highest BCUT2D eigenvalue weighted by Gasteiger charge is 2.32. The minimum atomic E-state index is -0.115. The lowest BCUT2D eigenvalue weighted by molar-refractivity contribution is -0.116. The number of rotatable bonds is 8. The van der Waals surface area contributed by atoms with E-state index in [2.05, 4.69) is 10.3 Å². The zero-order valence-corrected chi connectivity index (χ0v) is 18.9. The summed E-state index contributed by atoms with van der Waals surface area (Å²) in [6.07, 6.45) is 7.27. The summed E-state index contributed by atoms with van der Waals surface area (Å²) in [5.41, 5.74) is 2.11. The van der Waals surface area contributed by atoms with Gasteiger partial charge in [0.1, 0.15) is 11.5 Å².